The highest BCUT2D eigenvalue weighted by Crippen LogP contribution is 2.62. The van der Waals surface area contributed by atoms with Crippen molar-refractivity contribution in [3.63, 3.8) is 0 Å². The molecule has 8 rings (SSSR count). The molecule has 0 atom stereocenters. The van der Waals surface area contributed by atoms with Gasteiger partial charge >= 0.3 is 0 Å². The van der Waals surface area contributed by atoms with Crippen LogP contribution in [-0.2, 0) is 5.41 Å². The number of hydrogen-bond acceptors (Lipinski definition) is 0. The van der Waals surface area contributed by atoms with Gasteiger partial charge in [-0.25, -0.2) is 0 Å². The van der Waals surface area contributed by atoms with Gasteiger partial charge in [-0.05, 0) is 90.7 Å². The van der Waals surface area contributed by atoms with Gasteiger partial charge in [0.05, 0.1) is 5.41 Å². The summed E-state index contributed by atoms with van der Waals surface area (Å²) in [6.45, 7) is 0. The molecule has 0 fully saturated rings. The lowest BCUT2D eigenvalue weighted by Gasteiger charge is -2.30. The molecule has 6 aromatic carbocycles. The predicted molar refractivity (Wildman–Crippen MR) is 153 cm³/mol. The van der Waals surface area contributed by atoms with Crippen LogP contribution in [0, 0.1) is 0 Å². The quantitative estimate of drug-likeness (QED) is 0.202. The van der Waals surface area contributed by atoms with Crippen LogP contribution < -0.4 is 0 Å². The maximum absolute atomic E-state index is 3.60. The lowest BCUT2D eigenvalue weighted by atomic mass is 9.70. The molecule has 0 N–H and O–H groups in total. The van der Waals surface area contributed by atoms with E-state index in [4.69, 9.17) is 0 Å². The van der Waals surface area contributed by atoms with Crippen LogP contribution in [0.1, 0.15) is 22.3 Å². The average molecular weight is 521 g/mol. The SMILES string of the molecule is Brc1ccc2cc(-c3ccc4c(c3)C3(c5ccccc5-c5ccccc53)c3ccccc3-4)ccc2c1. The summed E-state index contributed by atoms with van der Waals surface area (Å²) in [7, 11) is 0. The smallest absolute Gasteiger partial charge is 0.0619 e. The molecular formula is C35H21Br. The molecule has 0 heterocycles. The molecule has 0 saturated heterocycles. The number of halogens is 1. The molecule has 0 aromatic heterocycles. The summed E-state index contributed by atoms with van der Waals surface area (Å²) < 4.78 is 1.11. The Morgan fingerprint density at radius 1 is 0.389 bits per heavy atom. The Labute approximate surface area is 219 Å². The van der Waals surface area contributed by atoms with Gasteiger partial charge in [-0.15, -0.1) is 0 Å². The number of benzene rings is 6. The first-order chi connectivity index (χ1) is 17.7. The lowest BCUT2D eigenvalue weighted by Crippen LogP contribution is -2.25. The first-order valence-corrected chi connectivity index (χ1v) is 13.2. The van der Waals surface area contributed by atoms with Gasteiger partial charge in [0.2, 0.25) is 0 Å². The Kier molecular flexibility index (Phi) is 4.10. The van der Waals surface area contributed by atoms with Gasteiger partial charge in [-0.2, -0.15) is 0 Å². The molecule has 0 amide bonds. The van der Waals surface area contributed by atoms with Crippen molar-refractivity contribution >= 4 is 26.7 Å². The summed E-state index contributed by atoms with van der Waals surface area (Å²) in [6.07, 6.45) is 0. The molecule has 2 aliphatic carbocycles. The molecule has 0 nitrogen and oxygen atoms in total. The zero-order valence-corrected chi connectivity index (χ0v) is 21.1. The van der Waals surface area contributed by atoms with Gasteiger partial charge < -0.3 is 0 Å². The van der Waals surface area contributed by atoms with Crippen molar-refractivity contribution in [2.45, 2.75) is 5.41 Å². The third kappa shape index (κ3) is 2.54. The first-order valence-electron chi connectivity index (χ1n) is 12.4. The van der Waals surface area contributed by atoms with Crippen LogP contribution in [-0.4, -0.2) is 0 Å². The summed E-state index contributed by atoms with van der Waals surface area (Å²) in [5.74, 6) is 0. The molecule has 6 aromatic rings. The Morgan fingerprint density at radius 2 is 0.861 bits per heavy atom. The monoisotopic (exact) mass is 520 g/mol. The van der Waals surface area contributed by atoms with Gasteiger partial charge in [0.15, 0.2) is 0 Å². The summed E-state index contributed by atoms with van der Waals surface area (Å²) in [4.78, 5) is 0. The lowest BCUT2D eigenvalue weighted by molar-refractivity contribution is 0.794. The minimum atomic E-state index is -0.295. The predicted octanol–water partition coefficient (Wildman–Crippen LogP) is 9.61. The fourth-order valence-corrected chi connectivity index (χ4v) is 7.05. The molecular weight excluding hydrogens is 500 g/mol. The minimum absolute atomic E-state index is 0.295. The van der Waals surface area contributed by atoms with Crippen LogP contribution in [0.5, 0.6) is 0 Å². The van der Waals surface area contributed by atoms with E-state index < -0.39 is 0 Å². The number of hydrogen-bond donors (Lipinski definition) is 0. The third-order valence-corrected chi connectivity index (χ3v) is 8.63. The van der Waals surface area contributed by atoms with Crippen molar-refractivity contribution in [1.29, 1.82) is 0 Å². The average Bonchev–Trinajstić information content (AvgIpc) is 3.40. The molecule has 0 radical (unpaired) electrons. The third-order valence-electron chi connectivity index (χ3n) is 8.13. The van der Waals surface area contributed by atoms with E-state index in [1.807, 2.05) is 0 Å². The van der Waals surface area contributed by atoms with Crippen LogP contribution in [0.2, 0.25) is 0 Å². The highest BCUT2D eigenvalue weighted by atomic mass is 79.9. The van der Waals surface area contributed by atoms with E-state index in [1.54, 1.807) is 0 Å². The van der Waals surface area contributed by atoms with Crippen molar-refractivity contribution in [1.82, 2.24) is 0 Å². The van der Waals surface area contributed by atoms with E-state index in [0.29, 0.717) is 0 Å². The minimum Gasteiger partial charge on any atom is -0.0619 e. The fraction of sp³-hybridized carbons (Fsp3) is 0.0286. The van der Waals surface area contributed by atoms with E-state index in [9.17, 15) is 0 Å². The molecule has 0 unspecified atom stereocenters. The Bertz CT molecular complexity index is 1800. The summed E-state index contributed by atoms with van der Waals surface area (Å²) in [6, 6.07) is 47.3. The molecule has 36 heavy (non-hydrogen) atoms. The Hall–Kier alpha value is -3.94. The van der Waals surface area contributed by atoms with Gasteiger partial charge in [-0.1, -0.05) is 119 Å². The maximum Gasteiger partial charge on any atom is 0.0725 e. The second kappa shape index (κ2) is 7.29. The van der Waals surface area contributed by atoms with E-state index in [-0.39, 0.29) is 5.41 Å². The molecule has 1 heteroatoms. The largest absolute Gasteiger partial charge is 0.0725 e. The highest BCUT2D eigenvalue weighted by molar-refractivity contribution is 9.10. The van der Waals surface area contributed by atoms with Gasteiger partial charge in [0.1, 0.15) is 0 Å². The van der Waals surface area contributed by atoms with Crippen molar-refractivity contribution in [2.75, 3.05) is 0 Å². The van der Waals surface area contributed by atoms with E-state index in [1.165, 1.54) is 66.4 Å². The summed E-state index contributed by atoms with van der Waals surface area (Å²) in [5.41, 5.74) is 13.1. The van der Waals surface area contributed by atoms with Crippen LogP contribution in [0.4, 0.5) is 0 Å². The van der Waals surface area contributed by atoms with Crippen LogP contribution >= 0.6 is 15.9 Å². The zero-order chi connectivity index (χ0) is 23.9. The zero-order valence-electron chi connectivity index (χ0n) is 19.5. The van der Waals surface area contributed by atoms with E-state index in [0.717, 1.165) is 4.47 Å². The second-order valence-corrected chi connectivity index (χ2v) is 10.8. The van der Waals surface area contributed by atoms with E-state index in [2.05, 4.69) is 143 Å². The van der Waals surface area contributed by atoms with Crippen LogP contribution in [0.25, 0.3) is 44.2 Å². The Balaban J connectivity index is 1.45. The van der Waals surface area contributed by atoms with Crippen molar-refractivity contribution in [2.24, 2.45) is 0 Å². The Morgan fingerprint density at radius 3 is 1.50 bits per heavy atom. The van der Waals surface area contributed by atoms with Gasteiger partial charge in [0.25, 0.3) is 0 Å². The van der Waals surface area contributed by atoms with Crippen molar-refractivity contribution in [3.05, 3.63) is 154 Å². The molecule has 0 aliphatic heterocycles. The highest BCUT2D eigenvalue weighted by Gasteiger charge is 2.51. The topological polar surface area (TPSA) is 0 Å². The molecule has 1 spiro atoms. The van der Waals surface area contributed by atoms with E-state index >= 15 is 0 Å². The van der Waals surface area contributed by atoms with Crippen LogP contribution in [0.3, 0.4) is 0 Å². The van der Waals surface area contributed by atoms with Gasteiger partial charge in [-0.3, -0.25) is 0 Å². The molecule has 0 saturated carbocycles. The normalized spacial score (nSPS) is 13.9. The molecule has 168 valence electrons. The fourth-order valence-electron chi connectivity index (χ4n) is 6.67. The van der Waals surface area contributed by atoms with Crippen molar-refractivity contribution in [3.8, 4) is 33.4 Å². The maximum atomic E-state index is 3.60. The van der Waals surface area contributed by atoms with Crippen LogP contribution in [0.15, 0.2) is 132 Å². The standard InChI is InChI=1S/C35H21Br/c36-26-17-15-23-19-22(13-14-24(23)20-26)25-16-18-30-29-9-3-6-12-33(29)35(34(30)21-25)31-10-4-1-7-27(31)28-8-2-5-11-32(28)35/h1-21H. The summed E-state index contributed by atoms with van der Waals surface area (Å²) >= 11 is 3.60. The summed E-state index contributed by atoms with van der Waals surface area (Å²) in [5, 5.41) is 2.50. The number of fused-ring (bicyclic) bond motifs is 11. The first kappa shape index (κ1) is 20.3. The molecule has 2 aliphatic rings. The van der Waals surface area contributed by atoms with Crippen molar-refractivity contribution < 1.29 is 0 Å². The number of rotatable bonds is 1. The molecule has 0 bridgehead atoms. The second-order valence-electron chi connectivity index (χ2n) is 9.85. The van der Waals surface area contributed by atoms with Gasteiger partial charge in [0, 0.05) is 4.47 Å².